The molecule has 0 fully saturated rings. The molecule has 0 aliphatic rings. The number of nitrogens with two attached hydrogens (primary N) is 2. The number of aliphatic hydroxyl groups excluding tert-OH is 1. The fourth-order valence-electron chi connectivity index (χ4n) is 4.50. The fraction of sp³-hybridized carbons (Fsp3) is 0.345. The van der Waals surface area contributed by atoms with Gasteiger partial charge in [-0.2, -0.15) is 0 Å². The second-order valence-corrected chi connectivity index (χ2v) is 8.97. The number of rotatable bonds is 11. The summed E-state index contributed by atoms with van der Waals surface area (Å²) in [4.78, 5) is 13.2. The highest BCUT2D eigenvalue weighted by Crippen LogP contribution is 2.43. The number of nitrogens with zero attached hydrogens (tertiary/aromatic N) is 1. The standard InChI is InChI=1S/C29H37N3O3/c1-5-32(31)29-27(35-4)17-25(20(3)28(29)30)26(22-13-11-19(2)23(15-22)18-33)16-24(34)14-12-21-9-7-6-8-10-21/h6-11,13,15,17,26,33H,5,12,14,16,18,30-31H2,1-4H3. The first-order chi connectivity index (χ1) is 16.8. The summed E-state index contributed by atoms with van der Waals surface area (Å²) in [5.41, 5.74) is 13.5. The molecule has 3 aromatic carbocycles. The minimum Gasteiger partial charge on any atom is -0.494 e. The Hall–Kier alpha value is -3.35. The van der Waals surface area contributed by atoms with Gasteiger partial charge in [0.2, 0.25) is 0 Å². The number of hydrogen-bond acceptors (Lipinski definition) is 6. The number of carbonyl (C=O) groups is 1. The van der Waals surface area contributed by atoms with Gasteiger partial charge in [-0.25, -0.2) is 5.84 Å². The van der Waals surface area contributed by atoms with Gasteiger partial charge in [0.1, 0.15) is 17.2 Å². The van der Waals surface area contributed by atoms with Crippen LogP contribution in [0.3, 0.4) is 0 Å². The molecule has 5 N–H and O–H groups in total. The molecule has 0 bridgehead atoms. The van der Waals surface area contributed by atoms with Crippen molar-refractivity contribution in [3.05, 3.63) is 88.0 Å². The molecule has 0 amide bonds. The summed E-state index contributed by atoms with van der Waals surface area (Å²) in [5.74, 6) is 6.70. The van der Waals surface area contributed by atoms with E-state index in [-0.39, 0.29) is 18.3 Å². The molecule has 0 radical (unpaired) electrons. The van der Waals surface area contributed by atoms with Gasteiger partial charge in [0, 0.05) is 25.3 Å². The van der Waals surface area contributed by atoms with Crippen molar-refractivity contribution in [2.45, 2.75) is 52.6 Å². The average Bonchev–Trinajstić information content (AvgIpc) is 2.88. The van der Waals surface area contributed by atoms with E-state index >= 15 is 0 Å². The highest BCUT2D eigenvalue weighted by Gasteiger charge is 2.25. The van der Waals surface area contributed by atoms with Crippen molar-refractivity contribution in [3.63, 3.8) is 0 Å². The van der Waals surface area contributed by atoms with Crippen LogP contribution in [0.2, 0.25) is 0 Å². The molecule has 1 unspecified atom stereocenters. The van der Waals surface area contributed by atoms with Crippen LogP contribution in [0.1, 0.15) is 59.1 Å². The van der Waals surface area contributed by atoms with Crippen LogP contribution in [0.5, 0.6) is 5.75 Å². The zero-order chi connectivity index (χ0) is 25.5. The van der Waals surface area contributed by atoms with Crippen molar-refractivity contribution in [2.75, 3.05) is 24.4 Å². The van der Waals surface area contributed by atoms with E-state index in [0.29, 0.717) is 42.9 Å². The second-order valence-electron chi connectivity index (χ2n) is 8.97. The number of benzene rings is 3. The Morgan fingerprint density at radius 2 is 1.83 bits per heavy atom. The molecule has 0 spiro atoms. The number of nitrogen functional groups attached to an aromatic ring is 1. The Bertz CT molecular complexity index is 1160. The number of methoxy groups -OCH3 is 1. The predicted molar refractivity (Wildman–Crippen MR) is 143 cm³/mol. The summed E-state index contributed by atoms with van der Waals surface area (Å²) in [6.45, 7) is 6.38. The van der Waals surface area contributed by atoms with Crippen LogP contribution in [0.25, 0.3) is 0 Å². The lowest BCUT2D eigenvalue weighted by Crippen LogP contribution is -2.32. The quantitative estimate of drug-likeness (QED) is 0.209. The number of ketones is 1. The Morgan fingerprint density at radius 1 is 1.11 bits per heavy atom. The SMILES string of the molecule is CCN(N)c1c(OC)cc(C(CC(=O)CCc2ccccc2)c2ccc(C)c(CO)c2)c(C)c1N. The minimum atomic E-state index is -0.234. The maximum atomic E-state index is 13.2. The lowest BCUT2D eigenvalue weighted by atomic mass is 9.82. The number of aliphatic hydroxyl groups is 1. The Kier molecular flexibility index (Phi) is 8.90. The molecule has 6 nitrogen and oxygen atoms in total. The van der Waals surface area contributed by atoms with Crippen LogP contribution in [-0.4, -0.2) is 24.5 Å². The topological polar surface area (TPSA) is 102 Å². The molecule has 186 valence electrons. The first-order valence-corrected chi connectivity index (χ1v) is 12.1. The maximum Gasteiger partial charge on any atom is 0.145 e. The highest BCUT2D eigenvalue weighted by atomic mass is 16.5. The van der Waals surface area contributed by atoms with Crippen molar-refractivity contribution in [1.29, 1.82) is 0 Å². The maximum absolute atomic E-state index is 13.2. The summed E-state index contributed by atoms with van der Waals surface area (Å²) in [7, 11) is 1.59. The van der Waals surface area contributed by atoms with E-state index in [1.54, 1.807) is 12.1 Å². The van der Waals surface area contributed by atoms with Crippen LogP contribution < -0.4 is 21.3 Å². The van der Waals surface area contributed by atoms with Crippen molar-refractivity contribution in [2.24, 2.45) is 5.84 Å². The van der Waals surface area contributed by atoms with E-state index in [2.05, 4.69) is 0 Å². The van der Waals surface area contributed by atoms with E-state index in [1.165, 1.54) is 0 Å². The largest absolute Gasteiger partial charge is 0.494 e. The monoisotopic (exact) mass is 475 g/mol. The predicted octanol–water partition coefficient (Wildman–Crippen LogP) is 4.81. The van der Waals surface area contributed by atoms with Crippen molar-refractivity contribution < 1.29 is 14.6 Å². The number of hydrogen-bond donors (Lipinski definition) is 3. The van der Waals surface area contributed by atoms with E-state index in [0.717, 1.165) is 33.4 Å². The van der Waals surface area contributed by atoms with Gasteiger partial charge >= 0.3 is 0 Å². The van der Waals surface area contributed by atoms with Crippen molar-refractivity contribution in [3.8, 4) is 5.75 Å². The molecule has 3 aromatic rings. The van der Waals surface area contributed by atoms with Gasteiger partial charge in [-0.1, -0.05) is 48.5 Å². The third-order valence-electron chi connectivity index (χ3n) is 6.75. The highest BCUT2D eigenvalue weighted by molar-refractivity contribution is 5.82. The van der Waals surface area contributed by atoms with Crippen LogP contribution in [-0.2, 0) is 17.8 Å². The van der Waals surface area contributed by atoms with Gasteiger partial charge in [-0.05, 0) is 66.6 Å². The molecule has 1 atom stereocenters. The Balaban J connectivity index is 2.04. The number of carbonyl (C=O) groups excluding carboxylic acids is 1. The average molecular weight is 476 g/mol. The number of anilines is 2. The van der Waals surface area contributed by atoms with Gasteiger partial charge in [0.25, 0.3) is 0 Å². The van der Waals surface area contributed by atoms with E-state index < -0.39 is 0 Å². The fourth-order valence-corrected chi connectivity index (χ4v) is 4.50. The molecule has 35 heavy (non-hydrogen) atoms. The third kappa shape index (κ3) is 6.02. The van der Waals surface area contributed by atoms with Crippen LogP contribution in [0, 0.1) is 13.8 Å². The summed E-state index contributed by atoms with van der Waals surface area (Å²) >= 11 is 0. The molecule has 0 aliphatic heterocycles. The smallest absolute Gasteiger partial charge is 0.145 e. The van der Waals surface area contributed by atoms with E-state index in [9.17, 15) is 9.90 Å². The Labute approximate surface area is 208 Å². The first kappa shape index (κ1) is 26.3. The molecular formula is C29H37N3O3. The molecule has 0 aliphatic carbocycles. The zero-order valence-electron chi connectivity index (χ0n) is 21.2. The second kappa shape index (κ2) is 11.9. The van der Waals surface area contributed by atoms with E-state index in [1.807, 2.05) is 75.4 Å². The number of aryl methyl sites for hydroxylation is 2. The summed E-state index contributed by atoms with van der Waals surface area (Å²) in [6, 6.07) is 18.0. The lowest BCUT2D eigenvalue weighted by Gasteiger charge is -2.27. The van der Waals surface area contributed by atoms with Gasteiger partial charge in [0.05, 0.1) is 19.4 Å². The van der Waals surface area contributed by atoms with Crippen LogP contribution in [0.15, 0.2) is 54.6 Å². The van der Waals surface area contributed by atoms with Crippen LogP contribution in [0.4, 0.5) is 11.4 Å². The molecule has 3 rings (SSSR count). The molecule has 0 aromatic heterocycles. The normalized spacial score (nSPS) is 11.8. The number of ether oxygens (including phenoxy) is 1. The first-order valence-electron chi connectivity index (χ1n) is 12.1. The van der Waals surface area contributed by atoms with Gasteiger partial charge < -0.3 is 20.6 Å². The summed E-state index contributed by atoms with van der Waals surface area (Å²) in [6.07, 6.45) is 1.48. The number of hydrazine groups is 1. The summed E-state index contributed by atoms with van der Waals surface area (Å²) < 4.78 is 5.68. The lowest BCUT2D eigenvalue weighted by molar-refractivity contribution is -0.119. The number of Topliss-reactive ketones (excluding diaryl/α,β-unsaturated/α-hetero) is 1. The van der Waals surface area contributed by atoms with Gasteiger partial charge in [-0.15, -0.1) is 0 Å². The minimum absolute atomic E-state index is 0.0592. The molecule has 6 heteroatoms. The van der Waals surface area contributed by atoms with Crippen LogP contribution >= 0.6 is 0 Å². The van der Waals surface area contributed by atoms with E-state index in [4.69, 9.17) is 16.3 Å². The van der Waals surface area contributed by atoms with Crippen molar-refractivity contribution >= 4 is 17.2 Å². The molecule has 0 saturated carbocycles. The third-order valence-corrected chi connectivity index (χ3v) is 6.75. The Morgan fingerprint density at radius 3 is 2.46 bits per heavy atom. The molecule has 0 heterocycles. The van der Waals surface area contributed by atoms with Gasteiger partial charge in [0.15, 0.2) is 0 Å². The zero-order valence-corrected chi connectivity index (χ0v) is 21.2. The van der Waals surface area contributed by atoms with Crippen molar-refractivity contribution in [1.82, 2.24) is 0 Å². The van der Waals surface area contributed by atoms with Gasteiger partial charge in [-0.3, -0.25) is 4.79 Å². The molecular weight excluding hydrogens is 438 g/mol. The summed E-state index contributed by atoms with van der Waals surface area (Å²) in [5, 5.41) is 11.4. The molecule has 0 saturated heterocycles.